The molecule has 0 aliphatic rings. The van der Waals surface area contributed by atoms with E-state index in [1.807, 2.05) is 6.07 Å². The summed E-state index contributed by atoms with van der Waals surface area (Å²) in [5.41, 5.74) is 1.04. The highest BCUT2D eigenvalue weighted by Gasteiger charge is 2.11. The molecule has 1 amide bonds. The van der Waals surface area contributed by atoms with Crippen LogP contribution in [0.3, 0.4) is 0 Å². The number of nitrogens with one attached hydrogen (secondary N) is 1. The number of carbonyl (C=O) groups is 3. The van der Waals surface area contributed by atoms with Crippen LogP contribution in [0.2, 0.25) is 0 Å². The van der Waals surface area contributed by atoms with Gasteiger partial charge in [-0.3, -0.25) is 9.59 Å². The molecule has 2 aromatic rings. The second-order valence-corrected chi connectivity index (χ2v) is 6.14. The van der Waals surface area contributed by atoms with Crippen molar-refractivity contribution < 1.29 is 23.9 Å². The molecule has 27 heavy (non-hydrogen) atoms. The molecule has 1 N–H and O–H groups in total. The van der Waals surface area contributed by atoms with Crippen molar-refractivity contribution in [2.75, 3.05) is 24.3 Å². The quantitative estimate of drug-likeness (QED) is 0.402. The van der Waals surface area contributed by atoms with Gasteiger partial charge in [-0.2, -0.15) is 5.26 Å². The van der Waals surface area contributed by atoms with Gasteiger partial charge < -0.3 is 14.8 Å². The monoisotopic (exact) mass is 384 g/mol. The molecule has 0 heterocycles. The molecule has 8 heteroatoms. The second kappa shape index (κ2) is 10.6. The number of rotatable bonds is 9. The van der Waals surface area contributed by atoms with E-state index < -0.39 is 18.5 Å². The van der Waals surface area contributed by atoms with Crippen molar-refractivity contribution in [3.8, 4) is 11.8 Å². The number of nitrogens with zero attached hydrogens (tertiary/aromatic N) is 1. The standard InChI is InChI=1S/C19H16N2O5S/c20-9-10-27-17-4-2-1-3-16(17)21-18(23)12-26-19(24)13-25-15-7-5-14(11-22)6-8-15/h1-8,11H,10,12-13H2,(H,21,23). The lowest BCUT2D eigenvalue weighted by molar-refractivity contribution is -0.149. The van der Waals surface area contributed by atoms with Gasteiger partial charge in [0.25, 0.3) is 5.91 Å². The minimum atomic E-state index is -0.697. The molecule has 138 valence electrons. The van der Waals surface area contributed by atoms with Gasteiger partial charge >= 0.3 is 5.97 Å². The molecule has 0 fully saturated rings. The molecular formula is C19H16N2O5S. The molecule has 0 aliphatic heterocycles. The van der Waals surface area contributed by atoms with Gasteiger partial charge in [0, 0.05) is 10.5 Å². The van der Waals surface area contributed by atoms with Crippen LogP contribution in [0, 0.1) is 11.3 Å². The van der Waals surface area contributed by atoms with Crippen molar-refractivity contribution in [3.05, 3.63) is 54.1 Å². The third-order valence-electron chi connectivity index (χ3n) is 3.19. The molecule has 0 aliphatic carbocycles. The molecule has 2 rings (SSSR count). The van der Waals surface area contributed by atoms with Gasteiger partial charge in [0.05, 0.1) is 17.5 Å². The average Bonchev–Trinajstić information content (AvgIpc) is 2.70. The summed E-state index contributed by atoms with van der Waals surface area (Å²) < 4.78 is 10.1. The first-order chi connectivity index (χ1) is 13.1. The minimum absolute atomic E-state index is 0.257. The summed E-state index contributed by atoms with van der Waals surface area (Å²) in [4.78, 5) is 35.0. The zero-order chi connectivity index (χ0) is 19.5. The van der Waals surface area contributed by atoms with Crippen LogP contribution >= 0.6 is 11.8 Å². The molecule has 0 radical (unpaired) electrons. The van der Waals surface area contributed by atoms with E-state index in [0.717, 1.165) is 4.90 Å². The van der Waals surface area contributed by atoms with Crippen LogP contribution in [-0.4, -0.2) is 37.1 Å². The van der Waals surface area contributed by atoms with Crippen molar-refractivity contribution in [3.63, 3.8) is 0 Å². The molecule has 0 spiro atoms. The van der Waals surface area contributed by atoms with Crippen molar-refractivity contribution in [1.29, 1.82) is 5.26 Å². The van der Waals surface area contributed by atoms with Crippen LogP contribution in [0.25, 0.3) is 0 Å². The third kappa shape index (κ3) is 6.84. The summed E-state index contributed by atoms with van der Waals surface area (Å²) in [5, 5.41) is 11.3. The van der Waals surface area contributed by atoms with Crippen LogP contribution in [0.5, 0.6) is 5.75 Å². The number of carbonyl (C=O) groups excluding carboxylic acids is 3. The lowest BCUT2D eigenvalue weighted by Gasteiger charge is -2.10. The number of nitriles is 1. The number of benzene rings is 2. The summed E-state index contributed by atoms with van der Waals surface area (Å²) in [6.07, 6.45) is 0.702. The maximum Gasteiger partial charge on any atom is 0.344 e. The highest BCUT2D eigenvalue weighted by molar-refractivity contribution is 7.99. The second-order valence-electron chi connectivity index (χ2n) is 5.13. The number of ether oxygens (including phenoxy) is 2. The zero-order valence-electron chi connectivity index (χ0n) is 14.2. The number of thioether (sulfide) groups is 1. The van der Waals surface area contributed by atoms with Gasteiger partial charge in [0.1, 0.15) is 12.0 Å². The Hall–Kier alpha value is -3.31. The predicted molar refractivity (Wildman–Crippen MR) is 99.7 cm³/mol. The average molecular weight is 384 g/mol. The fourth-order valence-corrected chi connectivity index (χ4v) is 2.63. The SMILES string of the molecule is N#CCSc1ccccc1NC(=O)COC(=O)COc1ccc(C=O)cc1. The Balaban J connectivity index is 1.77. The first-order valence-electron chi connectivity index (χ1n) is 7.84. The van der Waals surface area contributed by atoms with E-state index in [1.54, 1.807) is 48.5 Å². The van der Waals surface area contributed by atoms with E-state index in [2.05, 4.69) is 5.32 Å². The topological polar surface area (TPSA) is 105 Å². The Morgan fingerprint density at radius 2 is 1.85 bits per heavy atom. The number of hydrogen-bond acceptors (Lipinski definition) is 7. The number of anilines is 1. The van der Waals surface area contributed by atoms with Crippen molar-refractivity contribution in [1.82, 2.24) is 0 Å². The molecular weight excluding hydrogens is 368 g/mol. The van der Waals surface area contributed by atoms with Crippen LogP contribution in [-0.2, 0) is 14.3 Å². The van der Waals surface area contributed by atoms with Crippen molar-refractivity contribution in [2.45, 2.75) is 4.90 Å². The summed E-state index contributed by atoms with van der Waals surface area (Å²) in [7, 11) is 0. The van der Waals surface area contributed by atoms with Gasteiger partial charge in [-0.1, -0.05) is 12.1 Å². The number of esters is 1. The van der Waals surface area contributed by atoms with Crippen LogP contribution < -0.4 is 10.1 Å². The van der Waals surface area contributed by atoms with Gasteiger partial charge in [-0.25, -0.2) is 4.79 Å². The Kier molecular flexibility index (Phi) is 7.88. The number of para-hydroxylation sites is 1. The summed E-state index contributed by atoms with van der Waals surface area (Å²) in [5.74, 6) is -0.529. The fraction of sp³-hybridized carbons (Fsp3) is 0.158. The minimum Gasteiger partial charge on any atom is -0.482 e. The maximum absolute atomic E-state index is 12.0. The molecule has 0 aromatic heterocycles. The summed E-state index contributed by atoms with van der Waals surface area (Å²) in [6, 6.07) is 15.3. The summed E-state index contributed by atoms with van der Waals surface area (Å²) >= 11 is 1.30. The van der Waals surface area contributed by atoms with E-state index >= 15 is 0 Å². The van der Waals surface area contributed by atoms with Crippen LogP contribution in [0.4, 0.5) is 5.69 Å². The van der Waals surface area contributed by atoms with Crippen LogP contribution in [0.15, 0.2) is 53.4 Å². The van der Waals surface area contributed by atoms with Crippen molar-refractivity contribution in [2.24, 2.45) is 0 Å². The fourth-order valence-electron chi connectivity index (χ4n) is 1.96. The highest BCUT2D eigenvalue weighted by atomic mass is 32.2. The van der Waals surface area contributed by atoms with Gasteiger partial charge in [-0.15, -0.1) is 11.8 Å². The first kappa shape index (κ1) is 20.0. The van der Waals surface area contributed by atoms with Gasteiger partial charge in [-0.05, 0) is 36.4 Å². The van der Waals surface area contributed by atoms with E-state index in [1.165, 1.54) is 11.8 Å². The van der Waals surface area contributed by atoms with Crippen molar-refractivity contribution >= 4 is 35.6 Å². The Morgan fingerprint density at radius 1 is 1.11 bits per heavy atom. The smallest absolute Gasteiger partial charge is 0.344 e. The Morgan fingerprint density at radius 3 is 2.56 bits per heavy atom. The highest BCUT2D eigenvalue weighted by Crippen LogP contribution is 2.26. The van der Waals surface area contributed by atoms with E-state index in [9.17, 15) is 14.4 Å². The third-order valence-corrected chi connectivity index (χ3v) is 4.13. The van der Waals surface area contributed by atoms with E-state index in [0.29, 0.717) is 23.3 Å². The van der Waals surface area contributed by atoms with E-state index in [4.69, 9.17) is 14.7 Å². The molecule has 0 saturated carbocycles. The Bertz CT molecular complexity index is 846. The summed E-state index contributed by atoms with van der Waals surface area (Å²) in [6.45, 7) is -0.814. The van der Waals surface area contributed by atoms with Gasteiger partial charge in [0.15, 0.2) is 13.2 Å². The molecule has 0 unspecified atom stereocenters. The molecule has 0 saturated heterocycles. The van der Waals surface area contributed by atoms with Crippen LogP contribution in [0.1, 0.15) is 10.4 Å². The molecule has 0 atom stereocenters. The lowest BCUT2D eigenvalue weighted by Crippen LogP contribution is -2.23. The normalized spacial score (nSPS) is 9.74. The number of hydrogen-bond donors (Lipinski definition) is 1. The molecule has 7 nitrogen and oxygen atoms in total. The zero-order valence-corrected chi connectivity index (χ0v) is 15.0. The van der Waals surface area contributed by atoms with Gasteiger partial charge in [0.2, 0.25) is 0 Å². The molecule has 2 aromatic carbocycles. The lowest BCUT2D eigenvalue weighted by atomic mass is 10.2. The maximum atomic E-state index is 12.0. The number of amides is 1. The number of aldehydes is 1. The largest absolute Gasteiger partial charge is 0.482 e. The Labute approximate surface area is 160 Å². The first-order valence-corrected chi connectivity index (χ1v) is 8.83. The predicted octanol–water partition coefficient (Wildman–Crippen LogP) is 2.68. The van der Waals surface area contributed by atoms with E-state index in [-0.39, 0.29) is 12.4 Å². The molecule has 0 bridgehead atoms.